The number of urea groups is 1. The van der Waals surface area contributed by atoms with Gasteiger partial charge in [-0.15, -0.1) is 0 Å². The van der Waals surface area contributed by atoms with Gasteiger partial charge in [0.15, 0.2) is 5.78 Å². The molecule has 0 aromatic heterocycles. The van der Waals surface area contributed by atoms with E-state index in [0.29, 0.717) is 12.1 Å². The number of nitrogens with zero attached hydrogens (tertiary/aromatic N) is 1. The van der Waals surface area contributed by atoms with Crippen molar-refractivity contribution < 1.29 is 9.59 Å². The molecule has 4 rings (SSSR count). The quantitative estimate of drug-likeness (QED) is 0.876. The molecule has 0 saturated carbocycles. The van der Waals surface area contributed by atoms with Gasteiger partial charge in [-0.3, -0.25) is 9.69 Å². The molecule has 0 fully saturated rings. The Morgan fingerprint density at radius 1 is 1.11 bits per heavy atom. The lowest BCUT2D eigenvalue weighted by atomic mass is 9.90. The normalized spacial score (nSPS) is 19.0. The Labute approximate surface area is 159 Å². The first-order valence-electron chi connectivity index (χ1n) is 9.21. The summed E-state index contributed by atoms with van der Waals surface area (Å²) in [5.41, 5.74) is 5.76. The first-order valence-corrected chi connectivity index (χ1v) is 9.21. The lowest BCUT2D eigenvalue weighted by molar-refractivity contribution is -0.114. The van der Waals surface area contributed by atoms with Crippen LogP contribution in [-0.4, -0.2) is 23.3 Å². The minimum absolute atomic E-state index is 0.0192. The second-order valence-electron chi connectivity index (χ2n) is 7.07. The van der Waals surface area contributed by atoms with Crippen molar-refractivity contribution in [2.45, 2.75) is 26.3 Å². The van der Waals surface area contributed by atoms with Gasteiger partial charge in [0.1, 0.15) is 0 Å². The second kappa shape index (κ2) is 6.88. The maximum absolute atomic E-state index is 12.5. The van der Waals surface area contributed by atoms with Gasteiger partial charge in [-0.05, 0) is 43.0 Å². The number of carbonyl (C=O) groups excluding carboxylic acids is 2. The largest absolute Gasteiger partial charge is 0.327 e. The zero-order valence-electron chi connectivity index (χ0n) is 15.5. The van der Waals surface area contributed by atoms with E-state index in [0.717, 1.165) is 28.8 Å². The van der Waals surface area contributed by atoms with E-state index in [4.69, 9.17) is 0 Å². The van der Waals surface area contributed by atoms with Crippen molar-refractivity contribution in [3.8, 4) is 11.1 Å². The number of allylic oxidation sites excluding steroid dienone is 1. The summed E-state index contributed by atoms with van der Waals surface area (Å²) in [7, 11) is 0. The van der Waals surface area contributed by atoms with Crippen LogP contribution < -0.4 is 5.32 Å². The van der Waals surface area contributed by atoms with E-state index in [1.165, 1.54) is 5.56 Å². The SMILES string of the molecule is CC(=O)C1=C2C=CCCN2C(=O)NC1c1ccc(-c2cccc(C)c2)cc1. The zero-order chi connectivity index (χ0) is 19.0. The van der Waals surface area contributed by atoms with E-state index in [1.807, 2.05) is 42.5 Å². The highest BCUT2D eigenvalue weighted by molar-refractivity contribution is 5.99. The zero-order valence-corrected chi connectivity index (χ0v) is 15.5. The summed E-state index contributed by atoms with van der Waals surface area (Å²) < 4.78 is 0. The summed E-state index contributed by atoms with van der Waals surface area (Å²) in [4.78, 5) is 26.6. The van der Waals surface area contributed by atoms with Crippen molar-refractivity contribution in [2.24, 2.45) is 0 Å². The van der Waals surface area contributed by atoms with E-state index in [-0.39, 0.29) is 11.8 Å². The van der Waals surface area contributed by atoms with Crippen LogP contribution in [-0.2, 0) is 4.79 Å². The number of benzene rings is 2. The number of fused-ring (bicyclic) bond motifs is 1. The molecule has 0 spiro atoms. The number of hydrogen-bond donors (Lipinski definition) is 1. The van der Waals surface area contributed by atoms with Gasteiger partial charge in [-0.2, -0.15) is 0 Å². The number of ketones is 1. The maximum Gasteiger partial charge on any atom is 0.322 e. The predicted octanol–water partition coefficient (Wildman–Crippen LogP) is 4.53. The molecule has 2 heterocycles. The predicted molar refractivity (Wildman–Crippen MR) is 106 cm³/mol. The van der Waals surface area contributed by atoms with Gasteiger partial charge in [0, 0.05) is 12.1 Å². The van der Waals surface area contributed by atoms with Crippen LogP contribution in [0.2, 0.25) is 0 Å². The molecule has 1 atom stereocenters. The fraction of sp³-hybridized carbons (Fsp3) is 0.217. The number of Topliss-reactive ketones (excluding diaryl/α,β-unsaturated/α-hetero) is 1. The third-order valence-electron chi connectivity index (χ3n) is 5.14. The molecule has 4 heteroatoms. The molecular formula is C23H22N2O2. The maximum atomic E-state index is 12.5. The molecule has 0 radical (unpaired) electrons. The molecule has 2 aromatic rings. The molecule has 1 N–H and O–H groups in total. The van der Waals surface area contributed by atoms with Gasteiger partial charge >= 0.3 is 6.03 Å². The van der Waals surface area contributed by atoms with Gasteiger partial charge in [0.25, 0.3) is 0 Å². The van der Waals surface area contributed by atoms with Crippen LogP contribution in [0.15, 0.2) is 72.0 Å². The molecule has 0 saturated heterocycles. The van der Waals surface area contributed by atoms with Crippen LogP contribution in [0.5, 0.6) is 0 Å². The molecule has 1 unspecified atom stereocenters. The smallest absolute Gasteiger partial charge is 0.322 e. The van der Waals surface area contributed by atoms with Crippen molar-refractivity contribution in [1.29, 1.82) is 0 Å². The number of aryl methyl sites for hydroxylation is 1. The molecule has 0 bridgehead atoms. The van der Waals surface area contributed by atoms with Crippen molar-refractivity contribution in [3.05, 3.63) is 83.1 Å². The van der Waals surface area contributed by atoms with Gasteiger partial charge in [-0.1, -0.05) is 60.2 Å². The first kappa shape index (κ1) is 17.3. The first-order chi connectivity index (χ1) is 13.0. The molecular weight excluding hydrogens is 336 g/mol. The van der Waals surface area contributed by atoms with Crippen LogP contribution >= 0.6 is 0 Å². The van der Waals surface area contributed by atoms with E-state index in [2.05, 4.69) is 30.4 Å². The Hall–Kier alpha value is -3.14. The Morgan fingerprint density at radius 3 is 2.59 bits per heavy atom. The average molecular weight is 358 g/mol. The van der Waals surface area contributed by atoms with Crippen LogP contribution in [0.3, 0.4) is 0 Å². The topological polar surface area (TPSA) is 49.4 Å². The fourth-order valence-electron chi connectivity index (χ4n) is 3.80. The molecule has 0 aliphatic carbocycles. The van der Waals surface area contributed by atoms with E-state index in [1.54, 1.807) is 11.8 Å². The lowest BCUT2D eigenvalue weighted by Crippen LogP contribution is -2.48. The van der Waals surface area contributed by atoms with Crippen LogP contribution in [0.25, 0.3) is 11.1 Å². The third kappa shape index (κ3) is 3.19. The van der Waals surface area contributed by atoms with E-state index < -0.39 is 6.04 Å². The molecule has 2 aliphatic heterocycles. The number of nitrogens with one attached hydrogen (secondary N) is 1. The van der Waals surface area contributed by atoms with E-state index >= 15 is 0 Å². The second-order valence-corrected chi connectivity index (χ2v) is 7.07. The van der Waals surface area contributed by atoms with Crippen LogP contribution in [0.1, 0.15) is 30.5 Å². The Kier molecular flexibility index (Phi) is 4.40. The third-order valence-corrected chi connectivity index (χ3v) is 5.14. The number of rotatable bonds is 3. The minimum Gasteiger partial charge on any atom is -0.327 e. The van der Waals surface area contributed by atoms with Gasteiger partial charge in [0.2, 0.25) is 0 Å². The van der Waals surface area contributed by atoms with Crippen LogP contribution in [0.4, 0.5) is 4.79 Å². The molecule has 4 nitrogen and oxygen atoms in total. The van der Waals surface area contributed by atoms with Gasteiger partial charge in [-0.25, -0.2) is 4.79 Å². The van der Waals surface area contributed by atoms with Gasteiger partial charge in [0.05, 0.1) is 11.7 Å². The van der Waals surface area contributed by atoms with Crippen molar-refractivity contribution in [2.75, 3.05) is 6.54 Å². The summed E-state index contributed by atoms with van der Waals surface area (Å²) >= 11 is 0. The number of carbonyl (C=O) groups is 2. The highest BCUT2D eigenvalue weighted by Gasteiger charge is 2.35. The number of amides is 2. The monoisotopic (exact) mass is 358 g/mol. The molecule has 2 aliphatic rings. The lowest BCUT2D eigenvalue weighted by Gasteiger charge is -2.37. The van der Waals surface area contributed by atoms with Crippen LogP contribution in [0, 0.1) is 6.92 Å². The molecule has 27 heavy (non-hydrogen) atoms. The molecule has 136 valence electrons. The summed E-state index contributed by atoms with van der Waals surface area (Å²) in [5.74, 6) is -0.0192. The summed E-state index contributed by atoms with van der Waals surface area (Å²) in [6.45, 7) is 4.24. The molecule has 2 amide bonds. The Bertz CT molecular complexity index is 970. The Balaban J connectivity index is 1.74. The molecule has 2 aromatic carbocycles. The number of hydrogen-bond acceptors (Lipinski definition) is 2. The van der Waals surface area contributed by atoms with Crippen molar-refractivity contribution in [1.82, 2.24) is 10.2 Å². The average Bonchev–Trinajstić information content (AvgIpc) is 2.68. The van der Waals surface area contributed by atoms with Crippen molar-refractivity contribution >= 4 is 11.8 Å². The highest BCUT2D eigenvalue weighted by atomic mass is 16.2. The fourth-order valence-corrected chi connectivity index (χ4v) is 3.80. The summed E-state index contributed by atoms with van der Waals surface area (Å²) in [5, 5.41) is 3.01. The Morgan fingerprint density at radius 2 is 1.89 bits per heavy atom. The minimum atomic E-state index is -0.421. The van der Waals surface area contributed by atoms with Crippen molar-refractivity contribution in [3.63, 3.8) is 0 Å². The van der Waals surface area contributed by atoms with E-state index in [9.17, 15) is 9.59 Å². The summed E-state index contributed by atoms with van der Waals surface area (Å²) in [6, 6.07) is 15.9. The summed E-state index contributed by atoms with van der Waals surface area (Å²) in [6.07, 6.45) is 4.72. The highest BCUT2D eigenvalue weighted by Crippen LogP contribution is 2.34. The van der Waals surface area contributed by atoms with Gasteiger partial charge < -0.3 is 5.32 Å². The standard InChI is InChI=1S/C23H22N2O2/c1-15-6-5-7-19(14-15)17-9-11-18(12-10-17)22-21(16(2)26)20-8-3-4-13-25(20)23(27)24-22/h3,5-12,14,22H,4,13H2,1-2H3,(H,24,27).